The SMILES string of the molecule is CC[C@@H]1CN(C(=O)CN2C(=O)CCc3ccccc32)C[C@H]1O. The molecule has 22 heavy (non-hydrogen) atoms. The molecular formula is C17H22N2O3. The van der Waals surface area contributed by atoms with E-state index in [-0.39, 0.29) is 24.3 Å². The van der Waals surface area contributed by atoms with Gasteiger partial charge in [0.25, 0.3) is 0 Å². The maximum Gasteiger partial charge on any atom is 0.242 e. The lowest BCUT2D eigenvalue weighted by atomic mass is 10.0. The first-order chi connectivity index (χ1) is 10.6. The number of benzene rings is 1. The molecule has 1 N–H and O–H groups in total. The number of fused-ring (bicyclic) bond motifs is 1. The number of carbonyl (C=O) groups excluding carboxylic acids is 2. The zero-order chi connectivity index (χ0) is 15.7. The Morgan fingerprint density at radius 3 is 2.77 bits per heavy atom. The molecule has 0 unspecified atom stereocenters. The predicted molar refractivity (Wildman–Crippen MR) is 83.5 cm³/mol. The summed E-state index contributed by atoms with van der Waals surface area (Å²) in [7, 11) is 0. The lowest BCUT2D eigenvalue weighted by Gasteiger charge is -2.30. The third-order valence-electron chi connectivity index (χ3n) is 4.77. The van der Waals surface area contributed by atoms with E-state index in [1.165, 1.54) is 0 Å². The molecule has 2 aliphatic heterocycles. The lowest BCUT2D eigenvalue weighted by molar-refractivity contribution is -0.131. The number of rotatable bonds is 3. The van der Waals surface area contributed by atoms with Gasteiger partial charge in [-0.2, -0.15) is 0 Å². The van der Waals surface area contributed by atoms with E-state index < -0.39 is 6.10 Å². The van der Waals surface area contributed by atoms with Crippen molar-refractivity contribution in [2.75, 3.05) is 24.5 Å². The van der Waals surface area contributed by atoms with Crippen molar-refractivity contribution in [3.8, 4) is 0 Å². The van der Waals surface area contributed by atoms with Crippen molar-refractivity contribution < 1.29 is 14.7 Å². The molecule has 118 valence electrons. The molecule has 1 saturated heterocycles. The number of para-hydroxylation sites is 1. The molecule has 2 heterocycles. The summed E-state index contributed by atoms with van der Waals surface area (Å²) in [4.78, 5) is 28.0. The van der Waals surface area contributed by atoms with Crippen LogP contribution in [0.5, 0.6) is 0 Å². The molecule has 0 saturated carbocycles. The first-order valence-electron chi connectivity index (χ1n) is 7.94. The Morgan fingerprint density at radius 1 is 1.27 bits per heavy atom. The van der Waals surface area contributed by atoms with Crippen molar-refractivity contribution in [2.24, 2.45) is 5.92 Å². The Kier molecular flexibility index (Phi) is 4.16. The van der Waals surface area contributed by atoms with E-state index in [0.717, 1.165) is 24.1 Å². The Balaban J connectivity index is 1.73. The van der Waals surface area contributed by atoms with Crippen LogP contribution in [0.3, 0.4) is 0 Å². The highest BCUT2D eigenvalue weighted by Crippen LogP contribution is 2.28. The van der Waals surface area contributed by atoms with Gasteiger partial charge >= 0.3 is 0 Å². The number of amides is 2. The molecule has 0 aromatic heterocycles. The molecular weight excluding hydrogens is 280 g/mol. The molecule has 2 amide bonds. The summed E-state index contributed by atoms with van der Waals surface area (Å²) in [6.07, 6.45) is 1.60. The third kappa shape index (κ3) is 2.73. The van der Waals surface area contributed by atoms with Gasteiger partial charge in [-0.05, 0) is 24.5 Å². The third-order valence-corrected chi connectivity index (χ3v) is 4.77. The predicted octanol–water partition coefficient (Wildman–Crippen LogP) is 1.20. The topological polar surface area (TPSA) is 60.9 Å². The number of aliphatic hydroxyl groups is 1. The van der Waals surface area contributed by atoms with Gasteiger partial charge in [-0.15, -0.1) is 0 Å². The van der Waals surface area contributed by atoms with Crippen LogP contribution < -0.4 is 4.90 Å². The van der Waals surface area contributed by atoms with Gasteiger partial charge in [0, 0.05) is 31.1 Å². The highest BCUT2D eigenvalue weighted by atomic mass is 16.3. The summed E-state index contributed by atoms with van der Waals surface area (Å²) in [5.74, 6) is 0.0622. The molecule has 0 radical (unpaired) electrons. The fraction of sp³-hybridized carbons (Fsp3) is 0.529. The van der Waals surface area contributed by atoms with E-state index in [4.69, 9.17) is 0 Å². The summed E-state index contributed by atoms with van der Waals surface area (Å²) in [6, 6.07) is 7.75. The molecule has 2 aliphatic rings. The minimum atomic E-state index is -0.446. The van der Waals surface area contributed by atoms with Crippen LogP contribution in [0.4, 0.5) is 5.69 Å². The molecule has 3 rings (SSSR count). The van der Waals surface area contributed by atoms with Gasteiger partial charge in [-0.3, -0.25) is 9.59 Å². The van der Waals surface area contributed by atoms with E-state index in [1.54, 1.807) is 9.80 Å². The molecule has 5 heteroatoms. The fourth-order valence-corrected chi connectivity index (χ4v) is 3.36. The van der Waals surface area contributed by atoms with Gasteiger partial charge < -0.3 is 14.9 Å². The van der Waals surface area contributed by atoms with Gasteiger partial charge in [-0.1, -0.05) is 25.1 Å². The molecule has 0 bridgehead atoms. The van der Waals surface area contributed by atoms with Gasteiger partial charge in [0.1, 0.15) is 6.54 Å². The van der Waals surface area contributed by atoms with Crippen LogP contribution in [0.1, 0.15) is 25.3 Å². The number of aliphatic hydroxyl groups excluding tert-OH is 1. The molecule has 5 nitrogen and oxygen atoms in total. The molecule has 2 atom stereocenters. The summed E-state index contributed by atoms with van der Waals surface area (Å²) >= 11 is 0. The molecule has 0 spiro atoms. The Labute approximate surface area is 130 Å². The smallest absolute Gasteiger partial charge is 0.242 e. The second kappa shape index (κ2) is 6.08. The summed E-state index contributed by atoms with van der Waals surface area (Å²) < 4.78 is 0. The number of anilines is 1. The van der Waals surface area contributed by atoms with Crippen LogP contribution in [0.2, 0.25) is 0 Å². The quantitative estimate of drug-likeness (QED) is 0.912. The average molecular weight is 302 g/mol. The Hall–Kier alpha value is -1.88. The normalized spacial score (nSPS) is 24.5. The van der Waals surface area contributed by atoms with E-state index in [2.05, 4.69) is 0 Å². The second-order valence-corrected chi connectivity index (χ2v) is 6.14. The standard InChI is InChI=1S/C17H22N2O3/c1-2-12-9-18(10-15(12)20)17(22)11-19-14-6-4-3-5-13(14)7-8-16(19)21/h3-6,12,15,20H,2,7-11H2,1H3/t12-,15-/m1/s1. The average Bonchev–Trinajstić information content (AvgIpc) is 2.91. The minimum Gasteiger partial charge on any atom is -0.391 e. The Bertz CT molecular complexity index is 587. The maximum absolute atomic E-state index is 12.5. The first kappa shape index (κ1) is 15.0. The van der Waals surface area contributed by atoms with Crippen LogP contribution in [0, 0.1) is 5.92 Å². The number of aryl methyl sites for hydroxylation is 1. The van der Waals surface area contributed by atoms with Crippen molar-refractivity contribution in [3.05, 3.63) is 29.8 Å². The lowest BCUT2D eigenvalue weighted by Crippen LogP contribution is -2.44. The van der Waals surface area contributed by atoms with Crippen molar-refractivity contribution >= 4 is 17.5 Å². The van der Waals surface area contributed by atoms with E-state index in [0.29, 0.717) is 19.5 Å². The van der Waals surface area contributed by atoms with E-state index in [9.17, 15) is 14.7 Å². The largest absolute Gasteiger partial charge is 0.391 e. The van der Waals surface area contributed by atoms with Gasteiger partial charge in [-0.25, -0.2) is 0 Å². The van der Waals surface area contributed by atoms with Crippen LogP contribution in [0.15, 0.2) is 24.3 Å². The van der Waals surface area contributed by atoms with Gasteiger partial charge in [0.05, 0.1) is 6.10 Å². The second-order valence-electron chi connectivity index (χ2n) is 6.14. The number of β-amino-alcohol motifs (C(OH)–C–C–N with tert-alkyl or cyclic N) is 1. The minimum absolute atomic E-state index is 0.00108. The summed E-state index contributed by atoms with van der Waals surface area (Å²) in [5, 5.41) is 9.95. The van der Waals surface area contributed by atoms with Crippen LogP contribution in [-0.2, 0) is 16.0 Å². The number of carbonyl (C=O) groups is 2. The van der Waals surface area contributed by atoms with Crippen LogP contribution >= 0.6 is 0 Å². The monoisotopic (exact) mass is 302 g/mol. The molecule has 0 aliphatic carbocycles. The Morgan fingerprint density at radius 2 is 2.05 bits per heavy atom. The van der Waals surface area contributed by atoms with Crippen LogP contribution in [-0.4, -0.2) is 47.6 Å². The van der Waals surface area contributed by atoms with Gasteiger partial charge in [0.2, 0.25) is 11.8 Å². The molecule has 1 fully saturated rings. The van der Waals surface area contributed by atoms with Crippen molar-refractivity contribution in [1.82, 2.24) is 4.90 Å². The molecule has 1 aromatic carbocycles. The maximum atomic E-state index is 12.5. The number of hydrogen-bond donors (Lipinski definition) is 1. The zero-order valence-electron chi connectivity index (χ0n) is 12.9. The molecule has 1 aromatic rings. The highest BCUT2D eigenvalue weighted by molar-refractivity contribution is 6.01. The van der Waals surface area contributed by atoms with Gasteiger partial charge in [0.15, 0.2) is 0 Å². The summed E-state index contributed by atoms with van der Waals surface area (Å²) in [6.45, 7) is 3.05. The van der Waals surface area contributed by atoms with E-state index in [1.807, 2.05) is 31.2 Å². The van der Waals surface area contributed by atoms with Crippen molar-refractivity contribution in [1.29, 1.82) is 0 Å². The van der Waals surface area contributed by atoms with E-state index >= 15 is 0 Å². The first-order valence-corrected chi connectivity index (χ1v) is 7.94. The zero-order valence-corrected chi connectivity index (χ0v) is 12.9. The number of hydrogen-bond acceptors (Lipinski definition) is 3. The fourth-order valence-electron chi connectivity index (χ4n) is 3.36. The van der Waals surface area contributed by atoms with Crippen LogP contribution in [0.25, 0.3) is 0 Å². The van der Waals surface area contributed by atoms with Crippen molar-refractivity contribution in [2.45, 2.75) is 32.3 Å². The number of likely N-dealkylation sites (tertiary alicyclic amines) is 1. The number of nitrogens with zero attached hydrogens (tertiary/aromatic N) is 2. The highest BCUT2D eigenvalue weighted by Gasteiger charge is 2.34. The van der Waals surface area contributed by atoms with Crippen molar-refractivity contribution in [3.63, 3.8) is 0 Å². The summed E-state index contributed by atoms with van der Waals surface area (Å²) in [5.41, 5.74) is 1.96.